The Bertz CT molecular complexity index is 521. The Morgan fingerprint density at radius 2 is 2.28 bits per heavy atom. The molecule has 7 nitrogen and oxygen atoms in total. The quantitative estimate of drug-likeness (QED) is 0.785. The van der Waals surface area contributed by atoms with Crippen LogP contribution in [0.5, 0.6) is 0 Å². The fraction of sp³-hybridized carbons (Fsp3) is 0.800. The normalized spacial score (nSPS) is 31.6. The molecule has 2 aliphatic heterocycles. The zero-order valence-electron chi connectivity index (χ0n) is 9.83. The van der Waals surface area contributed by atoms with Gasteiger partial charge < -0.3 is 14.6 Å². The summed E-state index contributed by atoms with van der Waals surface area (Å²) in [5, 5.41) is 7.14. The van der Waals surface area contributed by atoms with E-state index in [4.69, 9.17) is 9.26 Å². The van der Waals surface area contributed by atoms with E-state index in [1.807, 2.05) is 0 Å². The number of hydrogen-bond acceptors (Lipinski definition) is 7. The average Bonchev–Trinajstić information content (AvgIpc) is 2.96. The first kappa shape index (κ1) is 12.1. The fourth-order valence-corrected chi connectivity index (χ4v) is 4.01. The molecule has 0 aromatic carbocycles. The van der Waals surface area contributed by atoms with Gasteiger partial charge in [0.15, 0.2) is 15.7 Å². The van der Waals surface area contributed by atoms with Gasteiger partial charge in [0.25, 0.3) is 0 Å². The number of sulfone groups is 1. The van der Waals surface area contributed by atoms with E-state index in [0.717, 1.165) is 6.54 Å². The minimum atomic E-state index is -2.93. The summed E-state index contributed by atoms with van der Waals surface area (Å²) in [5.74, 6) is 1.15. The van der Waals surface area contributed by atoms with Gasteiger partial charge in [-0.3, -0.25) is 0 Å². The van der Waals surface area contributed by atoms with Crippen molar-refractivity contribution in [3.05, 3.63) is 11.7 Å². The zero-order valence-corrected chi connectivity index (χ0v) is 10.6. The Balaban J connectivity index is 1.73. The van der Waals surface area contributed by atoms with E-state index in [2.05, 4.69) is 15.5 Å². The molecule has 2 aliphatic rings. The topological polar surface area (TPSA) is 94.3 Å². The van der Waals surface area contributed by atoms with Gasteiger partial charge in [0.1, 0.15) is 0 Å². The van der Waals surface area contributed by atoms with Crippen molar-refractivity contribution in [1.82, 2.24) is 15.5 Å². The van der Waals surface area contributed by atoms with Crippen molar-refractivity contribution in [3.63, 3.8) is 0 Å². The summed E-state index contributed by atoms with van der Waals surface area (Å²) < 4.78 is 33.3. The van der Waals surface area contributed by atoms with Crippen LogP contribution in [0, 0.1) is 0 Å². The molecule has 1 aromatic rings. The summed E-state index contributed by atoms with van der Waals surface area (Å²) >= 11 is 0. The third kappa shape index (κ3) is 2.40. The summed E-state index contributed by atoms with van der Waals surface area (Å²) in [6.07, 6.45) is 0.568. The van der Waals surface area contributed by atoms with Gasteiger partial charge in [-0.1, -0.05) is 5.16 Å². The van der Waals surface area contributed by atoms with Crippen LogP contribution in [-0.4, -0.2) is 49.8 Å². The molecular weight excluding hydrogens is 258 g/mol. The van der Waals surface area contributed by atoms with Crippen molar-refractivity contribution in [3.8, 4) is 0 Å². The zero-order chi connectivity index (χ0) is 12.6. The van der Waals surface area contributed by atoms with Gasteiger partial charge in [-0.2, -0.15) is 4.98 Å². The van der Waals surface area contributed by atoms with Crippen LogP contribution < -0.4 is 5.32 Å². The summed E-state index contributed by atoms with van der Waals surface area (Å²) in [4.78, 5) is 4.30. The monoisotopic (exact) mass is 273 g/mol. The predicted molar refractivity (Wildman–Crippen MR) is 61.9 cm³/mol. The molecule has 100 valence electrons. The molecule has 1 aromatic heterocycles. The molecule has 0 spiro atoms. The maximum Gasteiger partial charge on any atom is 0.230 e. The number of aromatic nitrogens is 2. The maximum absolute atomic E-state index is 11.4. The molecule has 2 fully saturated rings. The smallest absolute Gasteiger partial charge is 0.230 e. The van der Waals surface area contributed by atoms with Gasteiger partial charge in [0.2, 0.25) is 5.89 Å². The number of hydrogen-bond donors (Lipinski definition) is 1. The van der Waals surface area contributed by atoms with Crippen molar-refractivity contribution in [1.29, 1.82) is 0 Å². The lowest BCUT2D eigenvalue weighted by atomic mass is 10.1. The third-order valence-corrected chi connectivity index (χ3v) is 5.04. The van der Waals surface area contributed by atoms with Gasteiger partial charge >= 0.3 is 0 Å². The van der Waals surface area contributed by atoms with Crippen LogP contribution in [0.2, 0.25) is 0 Å². The lowest BCUT2D eigenvalue weighted by Crippen LogP contribution is -2.35. The second kappa shape index (κ2) is 4.60. The van der Waals surface area contributed by atoms with Crippen molar-refractivity contribution >= 4 is 9.84 Å². The molecule has 2 atom stereocenters. The molecule has 0 saturated carbocycles. The second-order valence-corrected chi connectivity index (χ2v) is 6.90. The fourth-order valence-electron chi connectivity index (χ4n) is 2.28. The highest BCUT2D eigenvalue weighted by Crippen LogP contribution is 2.28. The SMILES string of the molecule is O=S1(=O)CCC(c2nc(C3COCCN3)no2)C1. The maximum atomic E-state index is 11.4. The van der Waals surface area contributed by atoms with Crippen LogP contribution in [-0.2, 0) is 14.6 Å². The van der Waals surface area contributed by atoms with Gasteiger partial charge in [-0.25, -0.2) is 8.42 Å². The van der Waals surface area contributed by atoms with Crippen LogP contribution in [0.4, 0.5) is 0 Å². The van der Waals surface area contributed by atoms with Crippen LogP contribution in [0.25, 0.3) is 0 Å². The van der Waals surface area contributed by atoms with E-state index in [9.17, 15) is 8.42 Å². The molecule has 2 unspecified atom stereocenters. The average molecular weight is 273 g/mol. The molecule has 18 heavy (non-hydrogen) atoms. The number of nitrogens with one attached hydrogen (secondary N) is 1. The Labute approximate surface area is 105 Å². The molecular formula is C10H15N3O4S. The molecule has 1 N–H and O–H groups in total. The van der Waals surface area contributed by atoms with E-state index in [-0.39, 0.29) is 23.5 Å². The predicted octanol–water partition coefficient (Wildman–Crippen LogP) is -0.367. The molecule has 2 saturated heterocycles. The van der Waals surface area contributed by atoms with Crippen LogP contribution >= 0.6 is 0 Å². The van der Waals surface area contributed by atoms with E-state index in [1.54, 1.807) is 0 Å². The summed E-state index contributed by atoms with van der Waals surface area (Å²) in [6, 6.07) is -0.0609. The molecule has 0 radical (unpaired) electrons. The van der Waals surface area contributed by atoms with Crippen LogP contribution in [0.3, 0.4) is 0 Å². The van der Waals surface area contributed by atoms with Gasteiger partial charge in [0.05, 0.1) is 36.7 Å². The van der Waals surface area contributed by atoms with E-state index in [1.165, 1.54) is 0 Å². The second-order valence-electron chi connectivity index (χ2n) is 4.67. The van der Waals surface area contributed by atoms with Crippen LogP contribution in [0.1, 0.15) is 30.1 Å². The number of rotatable bonds is 2. The van der Waals surface area contributed by atoms with Gasteiger partial charge in [0, 0.05) is 6.54 Å². The highest BCUT2D eigenvalue weighted by molar-refractivity contribution is 7.91. The lowest BCUT2D eigenvalue weighted by molar-refractivity contribution is 0.0734. The van der Waals surface area contributed by atoms with Crippen molar-refractivity contribution in [2.24, 2.45) is 0 Å². The molecule has 0 amide bonds. The summed E-state index contributed by atoms with van der Waals surface area (Å²) in [7, 11) is -2.93. The Hall–Kier alpha value is -0.990. The minimum absolute atomic E-state index is 0.0609. The highest BCUT2D eigenvalue weighted by Gasteiger charge is 2.33. The van der Waals surface area contributed by atoms with E-state index in [0.29, 0.717) is 31.3 Å². The van der Waals surface area contributed by atoms with Crippen LogP contribution in [0.15, 0.2) is 4.52 Å². The Morgan fingerprint density at radius 1 is 1.39 bits per heavy atom. The largest absolute Gasteiger partial charge is 0.378 e. The molecule has 3 rings (SSSR count). The highest BCUT2D eigenvalue weighted by atomic mass is 32.2. The number of morpholine rings is 1. The molecule has 3 heterocycles. The number of nitrogens with zero attached hydrogens (tertiary/aromatic N) is 2. The summed E-state index contributed by atoms with van der Waals surface area (Å²) in [5.41, 5.74) is 0. The first-order chi connectivity index (χ1) is 8.64. The van der Waals surface area contributed by atoms with E-state index < -0.39 is 9.84 Å². The Kier molecular flexibility index (Phi) is 3.08. The molecule has 0 aliphatic carbocycles. The third-order valence-electron chi connectivity index (χ3n) is 3.27. The van der Waals surface area contributed by atoms with E-state index >= 15 is 0 Å². The minimum Gasteiger partial charge on any atom is -0.378 e. The lowest BCUT2D eigenvalue weighted by Gasteiger charge is -2.20. The van der Waals surface area contributed by atoms with Crippen molar-refractivity contribution in [2.75, 3.05) is 31.3 Å². The van der Waals surface area contributed by atoms with Gasteiger partial charge in [-0.15, -0.1) is 0 Å². The van der Waals surface area contributed by atoms with Gasteiger partial charge in [-0.05, 0) is 6.42 Å². The molecule has 0 bridgehead atoms. The van der Waals surface area contributed by atoms with Crippen molar-refractivity contribution < 1.29 is 17.7 Å². The number of ether oxygens (including phenoxy) is 1. The Morgan fingerprint density at radius 3 is 2.94 bits per heavy atom. The molecule has 8 heteroatoms. The van der Waals surface area contributed by atoms with Crippen molar-refractivity contribution in [2.45, 2.75) is 18.4 Å². The standard InChI is InChI=1S/C10H15N3O4S/c14-18(15)4-1-7(6-18)10-12-9(13-17-10)8-5-16-3-2-11-8/h7-8,11H,1-6H2. The first-order valence-corrected chi connectivity index (χ1v) is 7.81. The first-order valence-electron chi connectivity index (χ1n) is 5.99. The summed E-state index contributed by atoms with van der Waals surface area (Å²) in [6.45, 7) is 1.95.